The van der Waals surface area contributed by atoms with E-state index in [1.165, 1.54) is 0 Å². The molecular weight excluding hydrogens is 294 g/mol. The van der Waals surface area contributed by atoms with E-state index in [-0.39, 0.29) is 17.9 Å². The standard InChI is InChI=1S/C17H31N3O3/c1-7-8-10-22-11-9-14-13(4)19-23-17(14)18-16(21)15(12(2)3)20(5)6/h12,15H,7-11H2,1-6H3,(H,18,21). The minimum atomic E-state index is -0.214. The monoisotopic (exact) mass is 325 g/mol. The molecule has 0 aliphatic rings. The minimum Gasteiger partial charge on any atom is -0.381 e. The number of likely N-dealkylation sites (N-methyl/N-ethyl adjacent to an activating group) is 1. The van der Waals surface area contributed by atoms with Crippen LogP contribution in [-0.4, -0.2) is 49.3 Å². The summed E-state index contributed by atoms with van der Waals surface area (Å²) in [6.45, 7) is 9.44. The number of aryl methyl sites for hydroxylation is 1. The third-order valence-corrected chi connectivity index (χ3v) is 3.82. The topological polar surface area (TPSA) is 67.6 Å². The molecule has 1 atom stereocenters. The fourth-order valence-electron chi connectivity index (χ4n) is 2.62. The second-order valence-electron chi connectivity index (χ2n) is 6.43. The van der Waals surface area contributed by atoms with Crippen LogP contribution in [0.3, 0.4) is 0 Å². The smallest absolute Gasteiger partial charge is 0.244 e. The molecule has 0 aliphatic carbocycles. The lowest BCUT2D eigenvalue weighted by Crippen LogP contribution is -2.43. The van der Waals surface area contributed by atoms with Crippen molar-refractivity contribution in [1.82, 2.24) is 10.1 Å². The number of unbranched alkanes of at least 4 members (excludes halogenated alkanes) is 1. The van der Waals surface area contributed by atoms with E-state index < -0.39 is 0 Å². The van der Waals surface area contributed by atoms with Crippen molar-refractivity contribution in [3.8, 4) is 0 Å². The predicted octanol–water partition coefficient (Wildman–Crippen LogP) is 2.87. The fraction of sp³-hybridized carbons (Fsp3) is 0.765. The number of amides is 1. The van der Waals surface area contributed by atoms with Gasteiger partial charge in [-0.15, -0.1) is 0 Å². The number of nitrogens with zero attached hydrogens (tertiary/aromatic N) is 2. The molecule has 23 heavy (non-hydrogen) atoms. The van der Waals surface area contributed by atoms with Gasteiger partial charge in [0.25, 0.3) is 0 Å². The van der Waals surface area contributed by atoms with E-state index in [2.05, 4.69) is 17.4 Å². The first-order valence-corrected chi connectivity index (χ1v) is 8.38. The summed E-state index contributed by atoms with van der Waals surface area (Å²) in [6.07, 6.45) is 2.86. The number of hydrogen-bond acceptors (Lipinski definition) is 5. The maximum absolute atomic E-state index is 12.5. The molecule has 1 aromatic rings. The van der Waals surface area contributed by atoms with Crippen molar-refractivity contribution in [1.29, 1.82) is 0 Å². The zero-order valence-corrected chi connectivity index (χ0v) is 15.3. The number of rotatable bonds is 10. The summed E-state index contributed by atoms with van der Waals surface area (Å²) < 4.78 is 10.9. The molecule has 1 unspecified atom stereocenters. The molecule has 0 bridgehead atoms. The Morgan fingerprint density at radius 3 is 2.61 bits per heavy atom. The molecule has 1 aromatic heterocycles. The second kappa shape index (κ2) is 9.67. The largest absolute Gasteiger partial charge is 0.381 e. The van der Waals surface area contributed by atoms with E-state index >= 15 is 0 Å². The highest BCUT2D eigenvalue weighted by Gasteiger charge is 2.26. The van der Waals surface area contributed by atoms with Gasteiger partial charge in [0.2, 0.25) is 11.8 Å². The van der Waals surface area contributed by atoms with Crippen LogP contribution in [0.25, 0.3) is 0 Å². The molecule has 1 heterocycles. The highest BCUT2D eigenvalue weighted by atomic mass is 16.5. The van der Waals surface area contributed by atoms with Gasteiger partial charge in [0.05, 0.1) is 18.3 Å². The lowest BCUT2D eigenvalue weighted by molar-refractivity contribution is -0.121. The number of aromatic nitrogens is 1. The van der Waals surface area contributed by atoms with Crippen molar-refractivity contribution >= 4 is 11.8 Å². The van der Waals surface area contributed by atoms with Crippen LogP contribution in [0.1, 0.15) is 44.9 Å². The molecule has 132 valence electrons. The molecule has 0 fully saturated rings. The van der Waals surface area contributed by atoms with Crippen molar-refractivity contribution in [2.75, 3.05) is 32.6 Å². The molecule has 0 saturated heterocycles. The number of hydrogen-bond donors (Lipinski definition) is 1. The first kappa shape index (κ1) is 19.6. The minimum absolute atomic E-state index is 0.0747. The summed E-state index contributed by atoms with van der Waals surface area (Å²) >= 11 is 0. The van der Waals surface area contributed by atoms with Crippen LogP contribution < -0.4 is 5.32 Å². The predicted molar refractivity (Wildman–Crippen MR) is 91.6 cm³/mol. The van der Waals surface area contributed by atoms with Gasteiger partial charge in [-0.1, -0.05) is 32.3 Å². The maximum Gasteiger partial charge on any atom is 0.244 e. The molecule has 0 radical (unpaired) electrons. The average molecular weight is 325 g/mol. The van der Waals surface area contributed by atoms with E-state index in [4.69, 9.17) is 9.26 Å². The van der Waals surface area contributed by atoms with Crippen LogP contribution in [0, 0.1) is 12.8 Å². The van der Waals surface area contributed by atoms with E-state index in [0.29, 0.717) is 18.9 Å². The van der Waals surface area contributed by atoms with Crippen molar-refractivity contribution in [3.05, 3.63) is 11.3 Å². The molecule has 0 spiro atoms. The molecule has 6 heteroatoms. The number of carbonyl (C=O) groups is 1. The maximum atomic E-state index is 12.5. The number of ether oxygens (including phenoxy) is 1. The Labute approximate surface area is 139 Å². The highest BCUT2D eigenvalue weighted by molar-refractivity contribution is 5.94. The SMILES string of the molecule is CCCCOCCc1c(C)noc1NC(=O)C(C(C)C)N(C)C. The van der Waals surface area contributed by atoms with E-state index in [1.807, 2.05) is 39.8 Å². The first-order valence-electron chi connectivity index (χ1n) is 8.38. The van der Waals surface area contributed by atoms with Crippen molar-refractivity contribution in [2.24, 2.45) is 5.92 Å². The Morgan fingerprint density at radius 2 is 2.04 bits per heavy atom. The number of carbonyl (C=O) groups excluding carboxylic acids is 1. The van der Waals surface area contributed by atoms with Crippen LogP contribution in [0.15, 0.2) is 4.52 Å². The Morgan fingerprint density at radius 1 is 1.35 bits per heavy atom. The Kier molecular flexibility index (Phi) is 8.26. The number of nitrogens with one attached hydrogen (secondary N) is 1. The summed E-state index contributed by atoms with van der Waals surface area (Å²) in [4.78, 5) is 14.4. The Hall–Kier alpha value is -1.40. The molecule has 0 saturated carbocycles. The lowest BCUT2D eigenvalue weighted by atomic mass is 10.0. The molecule has 6 nitrogen and oxygen atoms in total. The Balaban J connectivity index is 2.68. The summed E-state index contributed by atoms with van der Waals surface area (Å²) in [5, 5.41) is 6.86. The van der Waals surface area contributed by atoms with Crippen LogP contribution in [0.2, 0.25) is 0 Å². The van der Waals surface area contributed by atoms with Gasteiger partial charge in [-0.25, -0.2) is 0 Å². The van der Waals surface area contributed by atoms with Gasteiger partial charge in [0.1, 0.15) is 0 Å². The van der Waals surface area contributed by atoms with Crippen molar-refractivity contribution < 1.29 is 14.1 Å². The summed E-state index contributed by atoms with van der Waals surface area (Å²) in [5.74, 6) is 0.572. The second-order valence-corrected chi connectivity index (χ2v) is 6.43. The Bertz CT molecular complexity index is 475. The van der Waals surface area contributed by atoms with Crippen LogP contribution >= 0.6 is 0 Å². The van der Waals surface area contributed by atoms with Crippen LogP contribution in [0.4, 0.5) is 5.88 Å². The third kappa shape index (κ3) is 5.95. The fourth-order valence-corrected chi connectivity index (χ4v) is 2.62. The van der Waals surface area contributed by atoms with Gasteiger partial charge < -0.3 is 9.26 Å². The zero-order valence-electron chi connectivity index (χ0n) is 15.3. The normalized spacial score (nSPS) is 12.9. The van der Waals surface area contributed by atoms with Gasteiger partial charge in [-0.05, 0) is 33.4 Å². The molecule has 1 rings (SSSR count). The van der Waals surface area contributed by atoms with Gasteiger partial charge in [0.15, 0.2) is 0 Å². The molecular formula is C17H31N3O3. The molecule has 1 N–H and O–H groups in total. The van der Waals surface area contributed by atoms with E-state index in [1.54, 1.807) is 0 Å². The highest BCUT2D eigenvalue weighted by Crippen LogP contribution is 2.21. The number of anilines is 1. The summed E-state index contributed by atoms with van der Waals surface area (Å²) in [6, 6.07) is -0.214. The van der Waals surface area contributed by atoms with Gasteiger partial charge >= 0.3 is 0 Å². The summed E-state index contributed by atoms with van der Waals surface area (Å²) in [7, 11) is 3.80. The van der Waals surface area contributed by atoms with Crippen LogP contribution in [-0.2, 0) is 16.0 Å². The first-order chi connectivity index (χ1) is 10.9. The van der Waals surface area contributed by atoms with Crippen molar-refractivity contribution in [3.63, 3.8) is 0 Å². The van der Waals surface area contributed by atoms with Crippen LogP contribution in [0.5, 0.6) is 0 Å². The van der Waals surface area contributed by atoms with Gasteiger partial charge in [-0.2, -0.15) is 0 Å². The van der Waals surface area contributed by atoms with E-state index in [0.717, 1.165) is 30.7 Å². The summed E-state index contributed by atoms with van der Waals surface area (Å²) in [5.41, 5.74) is 1.71. The lowest BCUT2D eigenvalue weighted by Gasteiger charge is -2.26. The average Bonchev–Trinajstić information content (AvgIpc) is 2.78. The zero-order chi connectivity index (χ0) is 17.4. The molecule has 0 aliphatic heterocycles. The van der Waals surface area contributed by atoms with Gasteiger partial charge in [-0.3, -0.25) is 15.0 Å². The van der Waals surface area contributed by atoms with Gasteiger partial charge in [0, 0.05) is 18.6 Å². The molecule has 0 aromatic carbocycles. The molecule has 1 amide bonds. The quantitative estimate of drug-likeness (QED) is 0.670. The third-order valence-electron chi connectivity index (χ3n) is 3.82. The van der Waals surface area contributed by atoms with E-state index in [9.17, 15) is 4.79 Å². The van der Waals surface area contributed by atoms with Crippen molar-refractivity contribution in [2.45, 2.75) is 53.0 Å².